The number of piperidine rings is 1. The fraction of sp³-hybridized carbons (Fsp3) is 0.500. The predicted molar refractivity (Wildman–Crippen MR) is 96.9 cm³/mol. The third kappa shape index (κ3) is 4.96. The number of anilines is 1. The molecular formula is C16H21FN4O2S2. The molecule has 25 heavy (non-hydrogen) atoms. The van der Waals surface area contributed by atoms with Gasteiger partial charge in [0.15, 0.2) is 0 Å². The molecule has 6 nitrogen and oxygen atoms in total. The molecule has 0 spiro atoms. The summed E-state index contributed by atoms with van der Waals surface area (Å²) in [6, 6.07) is 6.38. The van der Waals surface area contributed by atoms with E-state index in [1.165, 1.54) is 23.5 Å². The second-order valence-corrected chi connectivity index (χ2v) is 9.15. The summed E-state index contributed by atoms with van der Waals surface area (Å²) in [7, 11) is -3.16. The standard InChI is InChI=1S/C16H21FN4O2S2/c1-2-25(22,23)20-14-7-9-21(10-8-14)16-19-18-15(24-16)11-12-3-5-13(17)6-4-12/h3-6,14,20H,2,7-11H2,1H3. The summed E-state index contributed by atoms with van der Waals surface area (Å²) in [5.74, 6) is -0.139. The molecule has 136 valence electrons. The van der Waals surface area contributed by atoms with Crippen molar-refractivity contribution < 1.29 is 12.8 Å². The van der Waals surface area contributed by atoms with Crippen LogP contribution in [0.25, 0.3) is 0 Å². The zero-order valence-electron chi connectivity index (χ0n) is 14.0. The average Bonchev–Trinajstić information content (AvgIpc) is 3.06. The number of hydrogen-bond donors (Lipinski definition) is 1. The molecule has 9 heteroatoms. The molecule has 0 radical (unpaired) electrons. The Morgan fingerprint density at radius 2 is 1.92 bits per heavy atom. The maximum Gasteiger partial charge on any atom is 0.211 e. The molecule has 0 unspecified atom stereocenters. The van der Waals surface area contributed by atoms with Gasteiger partial charge in [0.2, 0.25) is 15.2 Å². The van der Waals surface area contributed by atoms with Gasteiger partial charge in [-0.2, -0.15) is 0 Å². The smallest absolute Gasteiger partial charge is 0.211 e. The van der Waals surface area contributed by atoms with Crippen molar-refractivity contribution in [3.8, 4) is 0 Å². The molecule has 0 aliphatic carbocycles. The quantitative estimate of drug-likeness (QED) is 0.826. The molecule has 1 aromatic heterocycles. The van der Waals surface area contributed by atoms with Gasteiger partial charge in [0.25, 0.3) is 0 Å². The number of nitrogens with zero attached hydrogens (tertiary/aromatic N) is 3. The van der Waals surface area contributed by atoms with E-state index in [2.05, 4.69) is 19.8 Å². The fourth-order valence-electron chi connectivity index (χ4n) is 2.75. The lowest BCUT2D eigenvalue weighted by molar-refractivity contribution is 0.459. The Hall–Kier alpha value is -1.58. The summed E-state index contributed by atoms with van der Waals surface area (Å²) in [4.78, 5) is 2.14. The highest BCUT2D eigenvalue weighted by Crippen LogP contribution is 2.25. The van der Waals surface area contributed by atoms with Crippen molar-refractivity contribution in [1.82, 2.24) is 14.9 Å². The summed E-state index contributed by atoms with van der Waals surface area (Å²) >= 11 is 1.53. The van der Waals surface area contributed by atoms with Crippen LogP contribution in [0.15, 0.2) is 24.3 Å². The molecule has 3 rings (SSSR count). The molecule has 1 aromatic carbocycles. The van der Waals surface area contributed by atoms with E-state index in [0.717, 1.165) is 41.6 Å². The van der Waals surface area contributed by atoms with Crippen LogP contribution in [0.1, 0.15) is 30.3 Å². The maximum absolute atomic E-state index is 13.0. The zero-order valence-corrected chi connectivity index (χ0v) is 15.6. The topological polar surface area (TPSA) is 75.2 Å². The molecule has 1 aliphatic heterocycles. The van der Waals surface area contributed by atoms with Gasteiger partial charge in [0.1, 0.15) is 10.8 Å². The molecule has 0 saturated carbocycles. The summed E-state index contributed by atoms with van der Waals surface area (Å²) in [6.07, 6.45) is 2.14. The van der Waals surface area contributed by atoms with E-state index in [1.54, 1.807) is 19.1 Å². The Morgan fingerprint density at radius 1 is 1.24 bits per heavy atom. The number of sulfonamides is 1. The summed E-state index contributed by atoms with van der Waals surface area (Å²) in [5, 5.41) is 10.2. The Labute approximate surface area is 151 Å². The van der Waals surface area contributed by atoms with E-state index in [1.807, 2.05) is 0 Å². The van der Waals surface area contributed by atoms with Crippen molar-refractivity contribution >= 4 is 26.5 Å². The van der Waals surface area contributed by atoms with Crippen LogP contribution in [0.3, 0.4) is 0 Å². The molecule has 0 amide bonds. The van der Waals surface area contributed by atoms with E-state index in [-0.39, 0.29) is 17.6 Å². The van der Waals surface area contributed by atoms with Crippen LogP contribution in [-0.4, -0.2) is 43.5 Å². The van der Waals surface area contributed by atoms with Gasteiger partial charge in [-0.15, -0.1) is 10.2 Å². The van der Waals surface area contributed by atoms with Gasteiger partial charge < -0.3 is 4.90 Å². The first-order chi connectivity index (χ1) is 11.9. The second kappa shape index (κ2) is 7.76. The fourth-order valence-corrected chi connectivity index (χ4v) is 4.58. The molecule has 0 bridgehead atoms. The van der Waals surface area contributed by atoms with Crippen molar-refractivity contribution in [3.63, 3.8) is 0 Å². The van der Waals surface area contributed by atoms with Crippen molar-refractivity contribution in [1.29, 1.82) is 0 Å². The Balaban J connectivity index is 1.56. The van der Waals surface area contributed by atoms with Crippen molar-refractivity contribution in [2.75, 3.05) is 23.7 Å². The highest BCUT2D eigenvalue weighted by atomic mass is 32.2. The SMILES string of the molecule is CCS(=O)(=O)NC1CCN(c2nnc(Cc3ccc(F)cc3)s2)CC1. The largest absolute Gasteiger partial charge is 0.347 e. The summed E-state index contributed by atoms with van der Waals surface area (Å²) < 4.78 is 39.0. The Morgan fingerprint density at radius 3 is 2.56 bits per heavy atom. The van der Waals surface area contributed by atoms with E-state index in [4.69, 9.17) is 0 Å². The zero-order chi connectivity index (χ0) is 17.9. The summed E-state index contributed by atoms with van der Waals surface area (Å²) in [5.41, 5.74) is 0.997. The lowest BCUT2D eigenvalue weighted by atomic mass is 10.1. The first kappa shape index (κ1) is 18.2. The first-order valence-electron chi connectivity index (χ1n) is 8.27. The number of nitrogens with one attached hydrogen (secondary N) is 1. The van der Waals surface area contributed by atoms with Gasteiger partial charge in [0.05, 0.1) is 5.75 Å². The van der Waals surface area contributed by atoms with Gasteiger partial charge in [-0.05, 0) is 37.5 Å². The number of benzene rings is 1. The van der Waals surface area contributed by atoms with Crippen molar-refractivity contribution in [2.45, 2.75) is 32.2 Å². The van der Waals surface area contributed by atoms with Gasteiger partial charge in [-0.25, -0.2) is 17.5 Å². The first-order valence-corrected chi connectivity index (χ1v) is 10.7. The number of rotatable bonds is 6. The van der Waals surface area contributed by atoms with Crippen LogP contribution < -0.4 is 9.62 Å². The minimum absolute atomic E-state index is 0.00666. The molecule has 1 aliphatic rings. The lowest BCUT2D eigenvalue weighted by Gasteiger charge is -2.31. The monoisotopic (exact) mass is 384 g/mol. The van der Waals surface area contributed by atoms with Gasteiger partial charge in [-0.3, -0.25) is 0 Å². The van der Waals surface area contributed by atoms with Crippen molar-refractivity contribution in [2.24, 2.45) is 0 Å². The Bertz CT molecular complexity index is 800. The van der Waals surface area contributed by atoms with Crippen LogP contribution >= 0.6 is 11.3 Å². The van der Waals surface area contributed by atoms with E-state index in [0.29, 0.717) is 6.42 Å². The molecule has 1 saturated heterocycles. The maximum atomic E-state index is 13.0. The average molecular weight is 385 g/mol. The highest BCUT2D eigenvalue weighted by Gasteiger charge is 2.24. The van der Waals surface area contributed by atoms with Crippen LogP contribution in [0.5, 0.6) is 0 Å². The minimum Gasteiger partial charge on any atom is -0.347 e. The number of halogens is 1. The molecule has 1 N–H and O–H groups in total. The molecule has 2 heterocycles. The normalized spacial score (nSPS) is 16.3. The van der Waals surface area contributed by atoms with Gasteiger partial charge >= 0.3 is 0 Å². The number of hydrogen-bond acceptors (Lipinski definition) is 6. The van der Waals surface area contributed by atoms with E-state index < -0.39 is 10.0 Å². The van der Waals surface area contributed by atoms with Crippen LogP contribution in [0.2, 0.25) is 0 Å². The molecule has 0 atom stereocenters. The minimum atomic E-state index is -3.16. The van der Waals surface area contributed by atoms with Gasteiger partial charge in [0, 0.05) is 25.6 Å². The van der Waals surface area contributed by atoms with E-state index in [9.17, 15) is 12.8 Å². The van der Waals surface area contributed by atoms with Crippen LogP contribution in [0, 0.1) is 5.82 Å². The highest BCUT2D eigenvalue weighted by molar-refractivity contribution is 7.89. The third-order valence-corrected chi connectivity index (χ3v) is 6.65. The Kier molecular flexibility index (Phi) is 5.65. The predicted octanol–water partition coefficient (Wildman–Crippen LogP) is 2.18. The molecule has 2 aromatic rings. The van der Waals surface area contributed by atoms with Crippen molar-refractivity contribution in [3.05, 3.63) is 40.7 Å². The van der Waals surface area contributed by atoms with Gasteiger partial charge in [-0.1, -0.05) is 23.5 Å². The molecule has 1 fully saturated rings. The number of aromatic nitrogens is 2. The van der Waals surface area contributed by atoms with Crippen LogP contribution in [-0.2, 0) is 16.4 Å². The lowest BCUT2D eigenvalue weighted by Crippen LogP contribution is -2.45. The summed E-state index contributed by atoms with van der Waals surface area (Å²) in [6.45, 7) is 3.14. The van der Waals surface area contributed by atoms with E-state index >= 15 is 0 Å². The van der Waals surface area contributed by atoms with Crippen LogP contribution in [0.4, 0.5) is 9.52 Å². The third-order valence-electron chi connectivity index (χ3n) is 4.22. The second-order valence-electron chi connectivity index (χ2n) is 6.06. The molecular weight excluding hydrogens is 363 g/mol.